The highest BCUT2D eigenvalue weighted by atomic mass is 19.3. The highest BCUT2D eigenvalue weighted by Crippen LogP contribution is 2.22. The standard InChI is InChI=1S/C20H23F4N3O2/c21-15-1-2-17(22)14(12-15)11-13-3-7-27(8-4-13)20(29)25-16-5-9-26(10-6-16)19(28)18(23)24/h1-2,11-12,16,18H,3-10H2,(H,25,29). The van der Waals surface area contributed by atoms with Gasteiger partial charge in [0.25, 0.3) is 5.91 Å². The van der Waals surface area contributed by atoms with Crippen molar-refractivity contribution in [2.75, 3.05) is 26.2 Å². The molecule has 0 saturated carbocycles. The number of nitrogens with zero attached hydrogens (tertiary/aromatic N) is 2. The van der Waals surface area contributed by atoms with E-state index in [-0.39, 0.29) is 30.7 Å². The van der Waals surface area contributed by atoms with Crippen molar-refractivity contribution in [2.24, 2.45) is 0 Å². The summed E-state index contributed by atoms with van der Waals surface area (Å²) in [6, 6.07) is 2.90. The Morgan fingerprint density at radius 3 is 2.31 bits per heavy atom. The summed E-state index contributed by atoms with van der Waals surface area (Å²) < 4.78 is 52.0. The average molecular weight is 413 g/mol. The fraction of sp³-hybridized carbons (Fsp3) is 0.500. The van der Waals surface area contributed by atoms with Crippen molar-refractivity contribution in [3.8, 4) is 0 Å². The highest BCUT2D eigenvalue weighted by molar-refractivity contribution is 5.79. The first kappa shape index (κ1) is 21.1. The first-order chi connectivity index (χ1) is 13.8. The van der Waals surface area contributed by atoms with Gasteiger partial charge in [-0.05, 0) is 43.9 Å². The lowest BCUT2D eigenvalue weighted by atomic mass is 10.0. The maximum absolute atomic E-state index is 13.8. The third-order valence-electron chi connectivity index (χ3n) is 5.33. The third kappa shape index (κ3) is 5.48. The van der Waals surface area contributed by atoms with Gasteiger partial charge in [-0.1, -0.05) is 11.6 Å². The van der Waals surface area contributed by atoms with E-state index in [2.05, 4.69) is 5.32 Å². The van der Waals surface area contributed by atoms with E-state index in [0.29, 0.717) is 38.8 Å². The first-order valence-electron chi connectivity index (χ1n) is 9.60. The number of nitrogens with one attached hydrogen (secondary N) is 1. The number of halogens is 4. The Bertz CT molecular complexity index is 782. The molecule has 0 aliphatic carbocycles. The Hall–Kier alpha value is -2.58. The van der Waals surface area contributed by atoms with Gasteiger partial charge < -0.3 is 15.1 Å². The molecule has 0 radical (unpaired) electrons. The minimum atomic E-state index is -3.00. The molecule has 2 aliphatic rings. The van der Waals surface area contributed by atoms with Gasteiger partial charge in [-0.25, -0.2) is 13.6 Å². The molecule has 0 atom stereocenters. The molecule has 29 heavy (non-hydrogen) atoms. The number of piperidine rings is 2. The number of carbonyl (C=O) groups excluding carboxylic acids is 2. The van der Waals surface area contributed by atoms with Gasteiger partial charge in [-0.3, -0.25) is 4.79 Å². The number of benzene rings is 1. The highest BCUT2D eigenvalue weighted by Gasteiger charge is 2.29. The summed E-state index contributed by atoms with van der Waals surface area (Å²) in [5, 5.41) is 2.89. The molecule has 3 amide bonds. The van der Waals surface area contributed by atoms with Crippen molar-refractivity contribution in [2.45, 2.75) is 38.2 Å². The molecule has 1 aromatic rings. The quantitative estimate of drug-likeness (QED) is 0.773. The monoisotopic (exact) mass is 413 g/mol. The van der Waals surface area contributed by atoms with Crippen LogP contribution < -0.4 is 5.32 Å². The maximum atomic E-state index is 13.8. The van der Waals surface area contributed by atoms with Crippen LogP contribution >= 0.6 is 0 Å². The van der Waals surface area contributed by atoms with Crippen LogP contribution in [0.2, 0.25) is 0 Å². The van der Waals surface area contributed by atoms with Crippen LogP contribution in [0.15, 0.2) is 23.8 Å². The molecule has 2 heterocycles. The Balaban J connectivity index is 1.46. The number of rotatable bonds is 3. The van der Waals surface area contributed by atoms with E-state index < -0.39 is 24.0 Å². The molecule has 2 aliphatic heterocycles. The van der Waals surface area contributed by atoms with Crippen LogP contribution in [0.1, 0.15) is 31.2 Å². The van der Waals surface area contributed by atoms with Crippen LogP contribution in [0.5, 0.6) is 0 Å². The van der Waals surface area contributed by atoms with Crippen molar-refractivity contribution in [1.82, 2.24) is 15.1 Å². The predicted octanol–water partition coefficient (Wildman–Crippen LogP) is 3.41. The molecule has 2 saturated heterocycles. The zero-order chi connectivity index (χ0) is 21.0. The number of urea groups is 1. The van der Waals surface area contributed by atoms with E-state index in [9.17, 15) is 27.2 Å². The number of amides is 3. The number of hydrogen-bond donors (Lipinski definition) is 1. The Kier molecular flexibility index (Phi) is 6.76. The number of carbonyl (C=O) groups is 2. The Morgan fingerprint density at radius 1 is 1.03 bits per heavy atom. The van der Waals surface area contributed by atoms with Gasteiger partial charge in [0.2, 0.25) is 0 Å². The van der Waals surface area contributed by atoms with Crippen molar-refractivity contribution in [3.63, 3.8) is 0 Å². The van der Waals surface area contributed by atoms with Gasteiger partial charge >= 0.3 is 12.5 Å². The largest absolute Gasteiger partial charge is 0.338 e. The van der Waals surface area contributed by atoms with Crippen LogP contribution in [-0.2, 0) is 4.79 Å². The van der Waals surface area contributed by atoms with E-state index in [1.165, 1.54) is 0 Å². The smallest absolute Gasteiger partial charge is 0.317 e. The fourth-order valence-electron chi connectivity index (χ4n) is 3.63. The zero-order valence-electron chi connectivity index (χ0n) is 15.8. The molecule has 0 aromatic heterocycles. The molecule has 5 nitrogen and oxygen atoms in total. The van der Waals surface area contributed by atoms with Gasteiger partial charge in [0.05, 0.1) is 0 Å². The Morgan fingerprint density at radius 2 is 1.69 bits per heavy atom. The summed E-state index contributed by atoms with van der Waals surface area (Å²) >= 11 is 0. The van der Waals surface area contributed by atoms with E-state index in [1.807, 2.05) is 0 Å². The molecule has 9 heteroatoms. The predicted molar refractivity (Wildman–Crippen MR) is 99.3 cm³/mol. The second-order valence-electron chi connectivity index (χ2n) is 7.31. The minimum absolute atomic E-state index is 0.164. The summed E-state index contributed by atoms with van der Waals surface area (Å²) in [4.78, 5) is 26.5. The molecule has 2 fully saturated rings. The molecule has 0 spiro atoms. The molecule has 158 valence electrons. The normalized spacial score (nSPS) is 18.2. The maximum Gasteiger partial charge on any atom is 0.317 e. The molecule has 0 bridgehead atoms. The van der Waals surface area contributed by atoms with E-state index in [0.717, 1.165) is 28.7 Å². The minimum Gasteiger partial charge on any atom is -0.338 e. The lowest BCUT2D eigenvalue weighted by molar-refractivity contribution is -0.143. The van der Waals surface area contributed by atoms with E-state index in [1.54, 1.807) is 11.0 Å². The van der Waals surface area contributed by atoms with E-state index >= 15 is 0 Å². The fourth-order valence-corrected chi connectivity index (χ4v) is 3.63. The Labute approximate surface area is 166 Å². The van der Waals surface area contributed by atoms with Gasteiger partial charge in [0.15, 0.2) is 0 Å². The molecule has 0 unspecified atom stereocenters. The topological polar surface area (TPSA) is 52.7 Å². The molecular weight excluding hydrogens is 390 g/mol. The van der Waals surface area contributed by atoms with Crippen LogP contribution in [0.25, 0.3) is 6.08 Å². The van der Waals surface area contributed by atoms with Crippen molar-refractivity contribution in [1.29, 1.82) is 0 Å². The average Bonchev–Trinajstić information content (AvgIpc) is 2.71. The van der Waals surface area contributed by atoms with E-state index in [4.69, 9.17) is 0 Å². The molecule has 3 rings (SSSR count). The van der Waals surface area contributed by atoms with Gasteiger partial charge in [0.1, 0.15) is 11.6 Å². The van der Waals surface area contributed by atoms with Crippen molar-refractivity contribution < 1.29 is 27.2 Å². The number of likely N-dealkylation sites (tertiary alicyclic amines) is 2. The zero-order valence-corrected chi connectivity index (χ0v) is 15.8. The lowest BCUT2D eigenvalue weighted by Crippen LogP contribution is -2.51. The SMILES string of the molecule is O=C(NC1CCN(C(=O)C(F)F)CC1)N1CCC(=Cc2cc(F)ccc2F)CC1. The van der Waals surface area contributed by atoms with Crippen LogP contribution in [0.4, 0.5) is 22.4 Å². The van der Waals surface area contributed by atoms with Crippen molar-refractivity contribution in [3.05, 3.63) is 41.0 Å². The van der Waals surface area contributed by atoms with Gasteiger partial charge in [-0.2, -0.15) is 8.78 Å². The molecule has 1 aromatic carbocycles. The number of alkyl halides is 2. The first-order valence-corrected chi connectivity index (χ1v) is 9.60. The van der Waals surface area contributed by atoms with Crippen LogP contribution in [0, 0.1) is 11.6 Å². The van der Waals surface area contributed by atoms with Crippen LogP contribution in [-0.4, -0.2) is 60.4 Å². The summed E-state index contributed by atoms with van der Waals surface area (Å²) in [5.41, 5.74) is 1.14. The summed E-state index contributed by atoms with van der Waals surface area (Å²) in [7, 11) is 0. The second-order valence-corrected chi connectivity index (χ2v) is 7.31. The molecule has 1 N–H and O–H groups in total. The number of hydrogen-bond acceptors (Lipinski definition) is 2. The van der Waals surface area contributed by atoms with Gasteiger partial charge in [-0.15, -0.1) is 0 Å². The third-order valence-corrected chi connectivity index (χ3v) is 5.33. The molecular formula is C20H23F4N3O2. The van der Waals surface area contributed by atoms with Gasteiger partial charge in [0, 0.05) is 37.8 Å². The summed E-state index contributed by atoms with van der Waals surface area (Å²) in [5.74, 6) is -2.16. The summed E-state index contributed by atoms with van der Waals surface area (Å²) in [6.45, 7) is 1.30. The van der Waals surface area contributed by atoms with Crippen LogP contribution in [0.3, 0.4) is 0 Å². The second kappa shape index (κ2) is 9.28. The lowest BCUT2D eigenvalue weighted by Gasteiger charge is -2.35. The summed E-state index contributed by atoms with van der Waals surface area (Å²) in [6.07, 6.45) is 0.612. The van der Waals surface area contributed by atoms with Crippen molar-refractivity contribution >= 4 is 18.0 Å².